The Bertz CT molecular complexity index is 388. The Hall–Kier alpha value is -1.23. The van der Waals surface area contributed by atoms with E-state index in [0.717, 1.165) is 5.56 Å². The van der Waals surface area contributed by atoms with Gasteiger partial charge in [-0.15, -0.1) is 0 Å². The van der Waals surface area contributed by atoms with Gasteiger partial charge in [0.15, 0.2) is 0 Å². The fourth-order valence-electron chi connectivity index (χ4n) is 1.67. The van der Waals surface area contributed by atoms with E-state index in [9.17, 15) is 13.2 Å². The normalized spacial score (nSPS) is 13.7. The minimum Gasteiger partial charge on any atom is -0.496 e. The first kappa shape index (κ1) is 12.8. The van der Waals surface area contributed by atoms with E-state index in [0.29, 0.717) is 5.56 Å². The van der Waals surface area contributed by atoms with Crippen molar-refractivity contribution in [2.24, 2.45) is 5.73 Å². The van der Waals surface area contributed by atoms with Gasteiger partial charge in [0.05, 0.1) is 7.11 Å². The minimum absolute atomic E-state index is 0.000556. The molecular weight excluding hydrogens is 219 g/mol. The SMILES string of the molecule is COc1cc(C)cc(C)c1[C@@H](N)C(F)(F)F. The summed E-state index contributed by atoms with van der Waals surface area (Å²) in [4.78, 5) is 0. The van der Waals surface area contributed by atoms with Gasteiger partial charge in [-0.3, -0.25) is 0 Å². The fourth-order valence-corrected chi connectivity index (χ4v) is 1.67. The highest BCUT2D eigenvalue weighted by atomic mass is 19.4. The molecule has 90 valence electrons. The minimum atomic E-state index is -4.46. The lowest BCUT2D eigenvalue weighted by atomic mass is 9.98. The van der Waals surface area contributed by atoms with Gasteiger partial charge in [-0.1, -0.05) is 6.07 Å². The van der Waals surface area contributed by atoms with Gasteiger partial charge in [-0.05, 0) is 31.0 Å². The molecule has 0 heterocycles. The number of hydrogen-bond donors (Lipinski definition) is 1. The van der Waals surface area contributed by atoms with Crippen LogP contribution in [0, 0.1) is 13.8 Å². The second-order valence-corrected chi connectivity index (χ2v) is 3.72. The molecule has 0 saturated carbocycles. The Labute approximate surface area is 92.2 Å². The molecule has 1 aromatic carbocycles. The van der Waals surface area contributed by atoms with Crippen LogP contribution in [-0.2, 0) is 0 Å². The summed E-state index contributed by atoms with van der Waals surface area (Å²) in [7, 11) is 1.33. The van der Waals surface area contributed by atoms with Crippen molar-refractivity contribution in [3.8, 4) is 5.75 Å². The molecule has 0 aliphatic rings. The van der Waals surface area contributed by atoms with Crippen molar-refractivity contribution in [2.45, 2.75) is 26.1 Å². The molecule has 0 bridgehead atoms. The van der Waals surface area contributed by atoms with E-state index in [1.807, 2.05) is 0 Å². The first-order valence-corrected chi connectivity index (χ1v) is 4.74. The Balaban J connectivity index is 3.32. The summed E-state index contributed by atoms with van der Waals surface area (Å²) in [6.45, 7) is 3.38. The lowest BCUT2D eigenvalue weighted by Gasteiger charge is -2.21. The molecule has 5 heteroatoms. The molecule has 0 unspecified atom stereocenters. The maximum absolute atomic E-state index is 12.6. The average Bonchev–Trinajstić information content (AvgIpc) is 2.14. The topological polar surface area (TPSA) is 35.2 Å². The van der Waals surface area contributed by atoms with E-state index >= 15 is 0 Å². The number of nitrogens with two attached hydrogens (primary N) is 1. The van der Waals surface area contributed by atoms with Gasteiger partial charge in [-0.2, -0.15) is 13.2 Å². The molecule has 0 fully saturated rings. The summed E-state index contributed by atoms with van der Waals surface area (Å²) < 4.78 is 42.6. The van der Waals surface area contributed by atoms with Gasteiger partial charge < -0.3 is 10.5 Å². The highest BCUT2D eigenvalue weighted by Crippen LogP contribution is 2.37. The molecule has 0 aromatic heterocycles. The van der Waals surface area contributed by atoms with E-state index in [1.54, 1.807) is 26.0 Å². The second kappa shape index (κ2) is 4.33. The zero-order chi connectivity index (χ0) is 12.5. The van der Waals surface area contributed by atoms with Gasteiger partial charge in [0.25, 0.3) is 0 Å². The molecule has 0 amide bonds. The standard InChI is InChI=1S/C11H14F3NO/c1-6-4-7(2)9(8(5-6)16-3)10(15)11(12,13)14/h4-5,10H,15H2,1-3H3/t10-/m1/s1. The van der Waals surface area contributed by atoms with Crippen molar-refractivity contribution >= 4 is 0 Å². The second-order valence-electron chi connectivity index (χ2n) is 3.72. The van der Waals surface area contributed by atoms with Crippen molar-refractivity contribution in [1.29, 1.82) is 0 Å². The van der Waals surface area contributed by atoms with Crippen LogP contribution in [0.2, 0.25) is 0 Å². The molecule has 0 saturated heterocycles. The molecule has 16 heavy (non-hydrogen) atoms. The van der Waals surface area contributed by atoms with Crippen molar-refractivity contribution in [2.75, 3.05) is 7.11 Å². The van der Waals surface area contributed by atoms with Crippen LogP contribution in [0.1, 0.15) is 22.7 Å². The number of hydrogen-bond acceptors (Lipinski definition) is 2. The van der Waals surface area contributed by atoms with Crippen LogP contribution in [0.3, 0.4) is 0 Å². The summed E-state index contributed by atoms with van der Waals surface area (Å²) >= 11 is 0. The highest BCUT2D eigenvalue weighted by Gasteiger charge is 2.40. The summed E-state index contributed by atoms with van der Waals surface area (Å²) in [5.74, 6) is 0.183. The largest absolute Gasteiger partial charge is 0.496 e. The van der Waals surface area contributed by atoms with E-state index < -0.39 is 12.2 Å². The average molecular weight is 233 g/mol. The Morgan fingerprint density at radius 1 is 1.25 bits per heavy atom. The number of alkyl halides is 3. The zero-order valence-electron chi connectivity index (χ0n) is 9.35. The smallest absolute Gasteiger partial charge is 0.407 e. The molecular formula is C11H14F3NO. The lowest BCUT2D eigenvalue weighted by molar-refractivity contribution is -0.149. The van der Waals surface area contributed by atoms with E-state index in [2.05, 4.69) is 0 Å². The molecule has 0 aliphatic heterocycles. The summed E-state index contributed by atoms with van der Waals surface area (Å²) in [6.07, 6.45) is -4.46. The molecule has 0 aliphatic carbocycles. The fraction of sp³-hybridized carbons (Fsp3) is 0.455. The molecule has 1 aromatic rings. The van der Waals surface area contributed by atoms with Crippen LogP contribution >= 0.6 is 0 Å². The summed E-state index contributed by atoms with van der Waals surface area (Å²) in [6, 6.07) is 1.19. The Kier molecular flexibility index (Phi) is 3.48. The monoisotopic (exact) mass is 233 g/mol. The van der Waals surface area contributed by atoms with Crippen LogP contribution in [0.25, 0.3) is 0 Å². The quantitative estimate of drug-likeness (QED) is 0.852. The van der Waals surface area contributed by atoms with E-state index in [-0.39, 0.29) is 11.3 Å². The van der Waals surface area contributed by atoms with Crippen LogP contribution < -0.4 is 10.5 Å². The maximum atomic E-state index is 12.6. The number of benzene rings is 1. The van der Waals surface area contributed by atoms with E-state index in [1.165, 1.54) is 7.11 Å². The van der Waals surface area contributed by atoms with Gasteiger partial charge in [0, 0.05) is 5.56 Å². The predicted octanol–water partition coefficient (Wildman–Crippen LogP) is 2.87. The number of ether oxygens (including phenoxy) is 1. The van der Waals surface area contributed by atoms with Crippen molar-refractivity contribution < 1.29 is 17.9 Å². The van der Waals surface area contributed by atoms with Crippen LogP contribution in [0.5, 0.6) is 5.75 Å². The molecule has 1 rings (SSSR count). The zero-order valence-corrected chi connectivity index (χ0v) is 9.35. The number of aryl methyl sites for hydroxylation is 2. The Morgan fingerprint density at radius 3 is 2.25 bits per heavy atom. The predicted molar refractivity (Wildman–Crippen MR) is 55.5 cm³/mol. The summed E-state index contributed by atoms with van der Waals surface area (Å²) in [5.41, 5.74) is 6.52. The first-order chi connectivity index (χ1) is 7.27. The Morgan fingerprint density at radius 2 is 1.81 bits per heavy atom. The van der Waals surface area contributed by atoms with Crippen LogP contribution in [-0.4, -0.2) is 13.3 Å². The molecule has 0 radical (unpaired) electrons. The van der Waals surface area contributed by atoms with Crippen LogP contribution in [0.4, 0.5) is 13.2 Å². The number of methoxy groups -OCH3 is 1. The number of halogens is 3. The van der Waals surface area contributed by atoms with Gasteiger partial charge in [0.2, 0.25) is 0 Å². The highest BCUT2D eigenvalue weighted by molar-refractivity contribution is 5.45. The van der Waals surface area contributed by atoms with Gasteiger partial charge in [0.1, 0.15) is 11.8 Å². The first-order valence-electron chi connectivity index (χ1n) is 4.74. The van der Waals surface area contributed by atoms with Crippen molar-refractivity contribution in [3.05, 3.63) is 28.8 Å². The number of rotatable bonds is 2. The van der Waals surface area contributed by atoms with E-state index in [4.69, 9.17) is 10.5 Å². The van der Waals surface area contributed by atoms with Crippen LogP contribution in [0.15, 0.2) is 12.1 Å². The molecule has 1 atom stereocenters. The molecule has 0 spiro atoms. The van der Waals surface area contributed by atoms with Gasteiger partial charge in [-0.25, -0.2) is 0 Å². The van der Waals surface area contributed by atoms with Crippen molar-refractivity contribution in [3.63, 3.8) is 0 Å². The molecule has 2 N–H and O–H groups in total. The van der Waals surface area contributed by atoms with Crippen molar-refractivity contribution in [1.82, 2.24) is 0 Å². The third-order valence-corrected chi connectivity index (χ3v) is 2.38. The maximum Gasteiger partial charge on any atom is 0.407 e. The third-order valence-electron chi connectivity index (χ3n) is 2.38. The summed E-state index contributed by atoms with van der Waals surface area (Å²) in [5, 5.41) is 0. The lowest BCUT2D eigenvalue weighted by Crippen LogP contribution is -2.29. The third kappa shape index (κ3) is 2.47. The van der Waals surface area contributed by atoms with Gasteiger partial charge >= 0.3 is 6.18 Å². The molecule has 2 nitrogen and oxygen atoms in total.